The van der Waals surface area contributed by atoms with Crippen LogP contribution >= 0.6 is 11.6 Å². The molecular formula is C36H31ClN2O6. The average molecular weight is 623 g/mol. The second kappa shape index (κ2) is 14.4. The number of carbonyl (C=O) groups excluding carboxylic acids is 3. The van der Waals surface area contributed by atoms with Gasteiger partial charge in [-0.25, -0.2) is 9.69 Å². The number of imide groups is 2. The number of halogens is 1. The first-order valence-corrected chi connectivity index (χ1v) is 14.7. The van der Waals surface area contributed by atoms with Crippen LogP contribution < -0.4 is 24.4 Å². The summed E-state index contributed by atoms with van der Waals surface area (Å²) < 4.78 is 17.9. The molecule has 1 N–H and O–H groups in total. The lowest BCUT2D eigenvalue weighted by Crippen LogP contribution is -2.54. The zero-order valence-electron chi connectivity index (χ0n) is 24.6. The highest BCUT2D eigenvalue weighted by atomic mass is 35.5. The van der Waals surface area contributed by atoms with Crippen LogP contribution in [0.25, 0.3) is 6.08 Å². The van der Waals surface area contributed by atoms with Gasteiger partial charge in [-0.15, -0.1) is 6.58 Å². The highest BCUT2D eigenvalue weighted by Gasteiger charge is 2.37. The Morgan fingerprint density at radius 1 is 0.844 bits per heavy atom. The number of benzene rings is 4. The van der Waals surface area contributed by atoms with Crippen LogP contribution in [0.4, 0.5) is 10.5 Å². The Bertz CT molecular complexity index is 1750. The standard InChI is InChI=1S/C36H31ClN2O6/c1-3-10-26-19-25(21-32(43-4-2)33(26)45-23-27-13-8-9-14-31(27)37)20-30-34(40)38-36(42)39(35(30)41)28-15-17-29(18-16-28)44-22-24-11-6-5-7-12-24/h3,5-9,11-21H,1,4,10,22-23H2,2H3,(H,38,40,42)/b30-20+. The van der Waals surface area contributed by atoms with Gasteiger partial charge in [0, 0.05) is 16.1 Å². The summed E-state index contributed by atoms with van der Waals surface area (Å²) in [4.78, 5) is 40.2. The lowest BCUT2D eigenvalue weighted by molar-refractivity contribution is -0.122. The Morgan fingerprint density at radius 2 is 1.58 bits per heavy atom. The number of amides is 4. The number of nitrogens with one attached hydrogen (secondary N) is 1. The molecule has 1 fully saturated rings. The number of ether oxygens (including phenoxy) is 3. The van der Waals surface area contributed by atoms with Crippen molar-refractivity contribution in [1.82, 2.24) is 5.32 Å². The Kier molecular flexibility index (Phi) is 9.97. The maximum Gasteiger partial charge on any atom is 0.335 e. The van der Waals surface area contributed by atoms with Gasteiger partial charge in [-0.05, 0) is 73.0 Å². The van der Waals surface area contributed by atoms with Crippen molar-refractivity contribution in [2.45, 2.75) is 26.6 Å². The molecule has 1 heterocycles. The van der Waals surface area contributed by atoms with Crippen molar-refractivity contribution in [3.63, 3.8) is 0 Å². The third-order valence-corrected chi connectivity index (χ3v) is 7.27. The van der Waals surface area contributed by atoms with Gasteiger partial charge in [0.05, 0.1) is 12.3 Å². The molecule has 1 aliphatic heterocycles. The first kappa shape index (κ1) is 31.1. The minimum absolute atomic E-state index is 0.207. The van der Waals surface area contributed by atoms with E-state index in [1.54, 1.807) is 48.5 Å². The van der Waals surface area contributed by atoms with Gasteiger partial charge in [0.2, 0.25) is 0 Å². The fraction of sp³-hybridized carbons (Fsp3) is 0.139. The summed E-state index contributed by atoms with van der Waals surface area (Å²) in [5, 5.41) is 2.85. The van der Waals surface area contributed by atoms with Crippen molar-refractivity contribution < 1.29 is 28.6 Å². The first-order chi connectivity index (χ1) is 21.9. The number of urea groups is 1. The van der Waals surface area contributed by atoms with E-state index in [9.17, 15) is 14.4 Å². The van der Waals surface area contributed by atoms with Gasteiger partial charge in [-0.2, -0.15) is 0 Å². The fourth-order valence-corrected chi connectivity index (χ4v) is 4.95. The molecular weight excluding hydrogens is 592 g/mol. The Morgan fingerprint density at radius 3 is 2.29 bits per heavy atom. The SMILES string of the molecule is C=CCc1cc(/C=C2\C(=O)NC(=O)N(c3ccc(OCc4ccccc4)cc3)C2=O)cc(OCC)c1OCc1ccccc1Cl. The quantitative estimate of drug-likeness (QED) is 0.101. The van der Waals surface area contributed by atoms with Crippen molar-refractivity contribution in [2.75, 3.05) is 11.5 Å². The van der Waals surface area contributed by atoms with Gasteiger partial charge in [-0.3, -0.25) is 14.9 Å². The van der Waals surface area contributed by atoms with Crippen LogP contribution in [0.15, 0.2) is 109 Å². The molecule has 0 aliphatic carbocycles. The number of nitrogens with zero attached hydrogens (tertiary/aromatic N) is 1. The van der Waals surface area contributed by atoms with E-state index < -0.39 is 17.8 Å². The van der Waals surface area contributed by atoms with E-state index in [1.165, 1.54) is 6.08 Å². The maximum absolute atomic E-state index is 13.6. The first-order valence-electron chi connectivity index (χ1n) is 14.3. The number of allylic oxidation sites excluding steroid dienone is 1. The van der Waals surface area contributed by atoms with Crippen LogP contribution in [0.5, 0.6) is 17.2 Å². The molecule has 8 nitrogen and oxygen atoms in total. The summed E-state index contributed by atoms with van der Waals surface area (Å²) in [6, 6.07) is 26.2. The van der Waals surface area contributed by atoms with E-state index in [4.69, 9.17) is 25.8 Å². The van der Waals surface area contributed by atoms with E-state index in [-0.39, 0.29) is 17.9 Å². The molecule has 0 saturated carbocycles. The number of anilines is 1. The van der Waals surface area contributed by atoms with Gasteiger partial charge in [0.25, 0.3) is 11.8 Å². The maximum atomic E-state index is 13.6. The van der Waals surface area contributed by atoms with Crippen LogP contribution in [-0.4, -0.2) is 24.5 Å². The summed E-state index contributed by atoms with van der Waals surface area (Å²) >= 11 is 6.33. The van der Waals surface area contributed by atoms with E-state index >= 15 is 0 Å². The highest BCUT2D eigenvalue weighted by Crippen LogP contribution is 2.36. The average Bonchev–Trinajstić information content (AvgIpc) is 3.04. The number of hydrogen-bond donors (Lipinski definition) is 1. The summed E-state index contributed by atoms with van der Waals surface area (Å²) in [7, 11) is 0. The second-order valence-corrected chi connectivity index (χ2v) is 10.4. The monoisotopic (exact) mass is 622 g/mol. The van der Waals surface area contributed by atoms with Gasteiger partial charge in [0.1, 0.15) is 24.5 Å². The van der Waals surface area contributed by atoms with Gasteiger partial charge in [-0.1, -0.05) is 66.2 Å². The normalized spacial score (nSPS) is 13.9. The number of carbonyl (C=O) groups is 3. The van der Waals surface area contributed by atoms with Crippen LogP contribution in [0.2, 0.25) is 5.02 Å². The van der Waals surface area contributed by atoms with Gasteiger partial charge in [0.15, 0.2) is 11.5 Å². The molecule has 4 aromatic carbocycles. The fourth-order valence-electron chi connectivity index (χ4n) is 4.76. The Hall–Kier alpha value is -5.34. The third kappa shape index (κ3) is 7.42. The Labute approximate surface area is 266 Å². The van der Waals surface area contributed by atoms with Crippen LogP contribution in [0.3, 0.4) is 0 Å². The molecule has 9 heteroatoms. The van der Waals surface area contributed by atoms with Crippen molar-refractivity contribution in [3.8, 4) is 17.2 Å². The molecule has 45 heavy (non-hydrogen) atoms. The minimum Gasteiger partial charge on any atom is -0.490 e. The summed E-state index contributed by atoms with van der Waals surface area (Å²) in [6.07, 6.45) is 3.58. The zero-order valence-corrected chi connectivity index (χ0v) is 25.4. The Balaban J connectivity index is 1.41. The molecule has 0 bridgehead atoms. The van der Waals surface area contributed by atoms with E-state index in [2.05, 4.69) is 11.9 Å². The number of hydrogen-bond acceptors (Lipinski definition) is 6. The molecule has 228 valence electrons. The van der Waals surface area contributed by atoms with Crippen LogP contribution in [-0.2, 0) is 29.2 Å². The minimum atomic E-state index is -0.842. The smallest absolute Gasteiger partial charge is 0.335 e. The zero-order chi connectivity index (χ0) is 31.8. The van der Waals surface area contributed by atoms with Crippen molar-refractivity contribution >= 4 is 41.2 Å². The highest BCUT2D eigenvalue weighted by molar-refractivity contribution is 6.39. The largest absolute Gasteiger partial charge is 0.490 e. The number of rotatable bonds is 12. The molecule has 0 atom stereocenters. The molecule has 5 rings (SSSR count). The molecule has 0 unspecified atom stereocenters. The van der Waals surface area contributed by atoms with Crippen molar-refractivity contribution in [3.05, 3.63) is 137 Å². The third-order valence-electron chi connectivity index (χ3n) is 6.90. The molecule has 4 aromatic rings. The molecule has 1 aliphatic rings. The van der Waals surface area contributed by atoms with Gasteiger partial charge < -0.3 is 14.2 Å². The lowest BCUT2D eigenvalue weighted by Gasteiger charge is -2.26. The molecule has 0 aromatic heterocycles. The molecule has 0 radical (unpaired) electrons. The second-order valence-electron chi connectivity index (χ2n) is 10.0. The molecule has 0 spiro atoms. The molecule has 1 saturated heterocycles. The number of barbiturate groups is 1. The predicted molar refractivity (Wildman–Crippen MR) is 174 cm³/mol. The van der Waals surface area contributed by atoms with Gasteiger partial charge >= 0.3 is 6.03 Å². The van der Waals surface area contributed by atoms with E-state index in [1.807, 2.05) is 55.5 Å². The van der Waals surface area contributed by atoms with Crippen LogP contribution in [0.1, 0.15) is 29.2 Å². The van der Waals surface area contributed by atoms with Crippen LogP contribution in [0, 0.1) is 0 Å². The topological polar surface area (TPSA) is 94.2 Å². The van der Waals surface area contributed by atoms with E-state index in [0.717, 1.165) is 21.6 Å². The van der Waals surface area contributed by atoms with Crippen molar-refractivity contribution in [1.29, 1.82) is 0 Å². The summed E-state index contributed by atoms with van der Waals surface area (Å²) in [5.41, 5.74) is 3.13. The molecule has 4 amide bonds. The summed E-state index contributed by atoms with van der Waals surface area (Å²) in [6.45, 7) is 6.62. The lowest BCUT2D eigenvalue weighted by atomic mass is 10.0. The van der Waals surface area contributed by atoms with Crippen molar-refractivity contribution in [2.24, 2.45) is 0 Å². The van der Waals surface area contributed by atoms with E-state index in [0.29, 0.717) is 47.5 Å². The summed E-state index contributed by atoms with van der Waals surface area (Å²) in [5.74, 6) is -0.0623. The predicted octanol–water partition coefficient (Wildman–Crippen LogP) is 7.29.